The minimum Gasteiger partial charge on any atom is -0.353 e. The molecule has 0 spiro atoms. The van der Waals surface area contributed by atoms with Crippen molar-refractivity contribution >= 4 is 24.2 Å². The first kappa shape index (κ1) is 18.7. The number of benzene rings is 1. The van der Waals surface area contributed by atoms with Crippen molar-refractivity contribution in [3.63, 3.8) is 0 Å². The van der Waals surface area contributed by atoms with Gasteiger partial charge in [0.25, 0.3) is 5.91 Å². The lowest BCUT2D eigenvalue weighted by atomic mass is 10.00. The summed E-state index contributed by atoms with van der Waals surface area (Å²) in [4.78, 5) is 23.8. The second kappa shape index (κ2) is 9.04. The highest BCUT2D eigenvalue weighted by Gasteiger charge is 2.22. The molecule has 6 heteroatoms. The number of rotatable bonds is 6. The lowest BCUT2D eigenvalue weighted by Gasteiger charge is -2.09. The number of carbonyl (C=O) groups is 2. The summed E-state index contributed by atoms with van der Waals surface area (Å²) in [6.45, 7) is 2.51. The summed E-state index contributed by atoms with van der Waals surface area (Å²) in [5.41, 5.74) is 3.32. The van der Waals surface area contributed by atoms with Crippen molar-refractivity contribution < 1.29 is 9.59 Å². The molecule has 3 rings (SSSR count). The fourth-order valence-corrected chi connectivity index (χ4v) is 2.90. The van der Waals surface area contributed by atoms with Gasteiger partial charge in [-0.05, 0) is 68.5 Å². The fourth-order valence-electron chi connectivity index (χ4n) is 2.90. The molecule has 24 heavy (non-hydrogen) atoms. The standard InChI is InChI=1S/C18H25N3O2.ClH/c22-17(21-16-5-6-16)2-1-9-20-18(23)15-4-3-13-7-10-19-11-8-14(13)12-15;/h3-4,12,16,19H,1-2,5-11H2,(H,20,23)(H,21,22);1H. The Bertz CT molecular complexity index is 588. The number of hydrogen-bond acceptors (Lipinski definition) is 3. The molecule has 0 bridgehead atoms. The van der Waals surface area contributed by atoms with Crippen molar-refractivity contribution in [3.05, 3.63) is 34.9 Å². The number of nitrogens with one attached hydrogen (secondary N) is 3. The van der Waals surface area contributed by atoms with E-state index in [1.807, 2.05) is 12.1 Å². The van der Waals surface area contributed by atoms with Crippen molar-refractivity contribution in [1.82, 2.24) is 16.0 Å². The maximum absolute atomic E-state index is 12.2. The first-order chi connectivity index (χ1) is 11.2. The molecule has 1 aliphatic carbocycles. The molecular weight excluding hydrogens is 326 g/mol. The zero-order valence-electron chi connectivity index (χ0n) is 13.9. The summed E-state index contributed by atoms with van der Waals surface area (Å²) in [6.07, 6.45) is 5.36. The molecule has 5 nitrogen and oxygen atoms in total. The summed E-state index contributed by atoms with van der Waals surface area (Å²) in [5.74, 6) is 0.0480. The topological polar surface area (TPSA) is 70.2 Å². The molecule has 1 saturated carbocycles. The number of carbonyl (C=O) groups excluding carboxylic acids is 2. The quantitative estimate of drug-likeness (QED) is 0.682. The fraction of sp³-hybridized carbons (Fsp3) is 0.556. The molecule has 2 aliphatic rings. The van der Waals surface area contributed by atoms with E-state index in [2.05, 4.69) is 22.0 Å². The Morgan fingerprint density at radius 2 is 1.88 bits per heavy atom. The molecule has 0 aromatic heterocycles. The Morgan fingerprint density at radius 1 is 1.12 bits per heavy atom. The third kappa shape index (κ3) is 5.49. The van der Waals surface area contributed by atoms with Crippen molar-refractivity contribution in [3.8, 4) is 0 Å². The van der Waals surface area contributed by atoms with Gasteiger partial charge in [-0.25, -0.2) is 0 Å². The highest BCUT2D eigenvalue weighted by molar-refractivity contribution is 5.94. The lowest BCUT2D eigenvalue weighted by Crippen LogP contribution is -2.28. The van der Waals surface area contributed by atoms with E-state index in [0.29, 0.717) is 31.0 Å². The van der Waals surface area contributed by atoms with Gasteiger partial charge in [-0.3, -0.25) is 9.59 Å². The minimum absolute atomic E-state index is 0. The van der Waals surface area contributed by atoms with Crippen molar-refractivity contribution in [2.75, 3.05) is 19.6 Å². The number of halogens is 1. The van der Waals surface area contributed by atoms with Gasteiger partial charge >= 0.3 is 0 Å². The maximum Gasteiger partial charge on any atom is 0.251 e. The third-order valence-corrected chi connectivity index (χ3v) is 4.42. The van der Waals surface area contributed by atoms with E-state index in [1.54, 1.807) is 0 Å². The Balaban J connectivity index is 0.00000208. The van der Waals surface area contributed by atoms with Crippen molar-refractivity contribution in [1.29, 1.82) is 0 Å². The summed E-state index contributed by atoms with van der Waals surface area (Å²) < 4.78 is 0. The zero-order chi connectivity index (χ0) is 16.1. The largest absolute Gasteiger partial charge is 0.353 e. The number of fused-ring (bicyclic) bond motifs is 1. The molecule has 0 radical (unpaired) electrons. The SMILES string of the molecule is Cl.O=C(CCCNC(=O)c1ccc2c(c1)CCNCC2)NC1CC1. The molecule has 0 unspecified atom stereocenters. The van der Waals surface area contributed by atoms with E-state index in [0.717, 1.165) is 38.8 Å². The van der Waals surface area contributed by atoms with Crippen LogP contribution in [-0.4, -0.2) is 37.5 Å². The van der Waals surface area contributed by atoms with E-state index in [4.69, 9.17) is 0 Å². The Morgan fingerprint density at radius 3 is 2.62 bits per heavy atom. The molecule has 1 heterocycles. The van der Waals surface area contributed by atoms with Gasteiger partial charge in [0.05, 0.1) is 0 Å². The predicted octanol–water partition coefficient (Wildman–Crippen LogP) is 1.59. The first-order valence-corrected chi connectivity index (χ1v) is 8.62. The summed E-state index contributed by atoms with van der Waals surface area (Å²) in [7, 11) is 0. The first-order valence-electron chi connectivity index (χ1n) is 8.62. The van der Waals surface area contributed by atoms with Crippen LogP contribution in [-0.2, 0) is 17.6 Å². The smallest absolute Gasteiger partial charge is 0.251 e. The van der Waals surface area contributed by atoms with Crippen LogP contribution in [0.15, 0.2) is 18.2 Å². The molecule has 0 atom stereocenters. The highest BCUT2D eigenvalue weighted by Crippen LogP contribution is 2.18. The number of amides is 2. The molecule has 3 N–H and O–H groups in total. The average molecular weight is 352 g/mol. The number of hydrogen-bond donors (Lipinski definition) is 3. The van der Waals surface area contributed by atoms with E-state index in [9.17, 15) is 9.59 Å². The van der Waals surface area contributed by atoms with E-state index >= 15 is 0 Å². The van der Waals surface area contributed by atoms with Crippen LogP contribution in [0.2, 0.25) is 0 Å². The summed E-state index contributed by atoms with van der Waals surface area (Å²) in [6, 6.07) is 6.39. The zero-order valence-corrected chi connectivity index (χ0v) is 14.7. The van der Waals surface area contributed by atoms with Gasteiger partial charge in [0, 0.05) is 24.6 Å². The molecule has 1 fully saturated rings. The Kier molecular flexibility index (Phi) is 7.06. The van der Waals surface area contributed by atoms with Crippen LogP contribution in [0.3, 0.4) is 0 Å². The molecule has 1 aromatic carbocycles. The van der Waals surface area contributed by atoms with Crippen LogP contribution >= 0.6 is 12.4 Å². The van der Waals surface area contributed by atoms with Gasteiger partial charge in [-0.15, -0.1) is 12.4 Å². The van der Waals surface area contributed by atoms with Crippen LogP contribution < -0.4 is 16.0 Å². The van der Waals surface area contributed by atoms with Crippen LogP contribution in [0.4, 0.5) is 0 Å². The van der Waals surface area contributed by atoms with E-state index < -0.39 is 0 Å². The molecule has 1 aliphatic heterocycles. The highest BCUT2D eigenvalue weighted by atomic mass is 35.5. The van der Waals surface area contributed by atoms with Crippen molar-refractivity contribution in [2.45, 2.75) is 44.6 Å². The normalized spacial score (nSPS) is 16.3. The van der Waals surface area contributed by atoms with Gasteiger partial charge in [0.15, 0.2) is 0 Å². The van der Waals surface area contributed by atoms with Gasteiger partial charge in [-0.1, -0.05) is 6.07 Å². The third-order valence-electron chi connectivity index (χ3n) is 4.42. The molecule has 2 amide bonds. The second-order valence-corrected chi connectivity index (χ2v) is 6.43. The van der Waals surface area contributed by atoms with Gasteiger partial charge in [-0.2, -0.15) is 0 Å². The monoisotopic (exact) mass is 351 g/mol. The van der Waals surface area contributed by atoms with Crippen LogP contribution in [0, 0.1) is 0 Å². The van der Waals surface area contributed by atoms with Gasteiger partial charge in [0.1, 0.15) is 0 Å². The predicted molar refractivity (Wildman–Crippen MR) is 96.7 cm³/mol. The molecule has 1 aromatic rings. The molecular formula is C18H26ClN3O2. The maximum atomic E-state index is 12.2. The van der Waals surface area contributed by atoms with Gasteiger partial charge in [0.2, 0.25) is 5.91 Å². The van der Waals surface area contributed by atoms with Crippen molar-refractivity contribution in [2.24, 2.45) is 0 Å². The van der Waals surface area contributed by atoms with Crippen LogP contribution in [0.1, 0.15) is 47.2 Å². The Hall–Kier alpha value is -1.59. The summed E-state index contributed by atoms with van der Waals surface area (Å²) in [5, 5.41) is 9.24. The molecule has 0 saturated heterocycles. The van der Waals surface area contributed by atoms with Crippen LogP contribution in [0.5, 0.6) is 0 Å². The van der Waals surface area contributed by atoms with E-state index in [-0.39, 0.29) is 24.2 Å². The van der Waals surface area contributed by atoms with E-state index in [1.165, 1.54) is 11.1 Å². The van der Waals surface area contributed by atoms with Crippen LogP contribution in [0.25, 0.3) is 0 Å². The Labute approximate surface area is 149 Å². The second-order valence-electron chi connectivity index (χ2n) is 6.43. The minimum atomic E-state index is -0.0485. The summed E-state index contributed by atoms with van der Waals surface area (Å²) >= 11 is 0. The lowest BCUT2D eigenvalue weighted by molar-refractivity contribution is -0.121. The van der Waals surface area contributed by atoms with Gasteiger partial charge < -0.3 is 16.0 Å². The average Bonchev–Trinajstić information content (AvgIpc) is 3.37. The molecule has 132 valence electrons.